The summed E-state index contributed by atoms with van der Waals surface area (Å²) in [5.74, 6) is 0. The molecule has 4 aromatic rings. The summed E-state index contributed by atoms with van der Waals surface area (Å²) < 4.78 is 40.0. The molecule has 5 rings (SSSR count). The Morgan fingerprint density at radius 2 is 1.70 bits per heavy atom. The van der Waals surface area contributed by atoms with Gasteiger partial charge in [-0.05, 0) is 80.4 Å². The topological polar surface area (TPSA) is 155 Å². The van der Waals surface area contributed by atoms with Crippen LogP contribution in [0.5, 0.6) is 0 Å². The number of benzene rings is 2. The number of nitrogens with one attached hydrogen (secondary N) is 2. The summed E-state index contributed by atoms with van der Waals surface area (Å²) >= 11 is 0. The molecule has 2 aromatic carbocycles. The number of alkyl carbamates (subject to hydrolysis) is 1. The number of carbonyl (C=O) groups is 1. The van der Waals surface area contributed by atoms with Crippen LogP contribution >= 0.6 is 0 Å². The van der Waals surface area contributed by atoms with Crippen LogP contribution in [0.2, 0.25) is 18.1 Å². The van der Waals surface area contributed by atoms with E-state index in [0.717, 1.165) is 22.2 Å². The predicted octanol–water partition coefficient (Wildman–Crippen LogP) is 8.00. The molecule has 1 saturated carbocycles. The van der Waals surface area contributed by atoms with Crippen molar-refractivity contribution in [2.75, 3.05) is 11.9 Å². The third-order valence-electron chi connectivity index (χ3n) is 10.1. The van der Waals surface area contributed by atoms with Gasteiger partial charge in [0.15, 0.2) is 14.0 Å². The quantitative estimate of drug-likeness (QED) is 0.0605. The molecular formula is C36H47N5O7SSi. The lowest BCUT2D eigenvalue weighted by Gasteiger charge is -2.41. The Bertz CT molecular complexity index is 1900. The van der Waals surface area contributed by atoms with Crippen LogP contribution in [0.15, 0.2) is 84.0 Å². The van der Waals surface area contributed by atoms with E-state index in [1.807, 2.05) is 30.3 Å². The van der Waals surface area contributed by atoms with Gasteiger partial charge in [-0.3, -0.25) is 10.1 Å². The van der Waals surface area contributed by atoms with Gasteiger partial charge >= 0.3 is 11.8 Å². The molecule has 1 aliphatic rings. The number of hydrogen-bond donors (Lipinski definition) is 2. The number of ether oxygens (including phenoxy) is 1. The Kier molecular flexibility index (Phi) is 11.0. The first-order valence-corrected chi connectivity index (χ1v) is 21.3. The maximum absolute atomic E-state index is 13.4. The van der Waals surface area contributed by atoms with Crippen LogP contribution < -0.4 is 10.6 Å². The molecule has 0 saturated heterocycles. The number of hydrogen-bond acceptors (Lipinski definition) is 9. The van der Waals surface area contributed by atoms with Gasteiger partial charge in [0.05, 0.1) is 15.2 Å². The molecule has 0 radical (unpaired) electrons. The van der Waals surface area contributed by atoms with E-state index >= 15 is 0 Å². The Morgan fingerprint density at radius 1 is 1.06 bits per heavy atom. The van der Waals surface area contributed by atoms with Gasteiger partial charge in [0.25, 0.3) is 10.0 Å². The van der Waals surface area contributed by atoms with Gasteiger partial charge in [0, 0.05) is 24.4 Å². The molecule has 0 atom stereocenters. The minimum absolute atomic E-state index is 0.0836. The zero-order chi connectivity index (χ0) is 36.2. The fourth-order valence-electron chi connectivity index (χ4n) is 6.13. The second-order valence-corrected chi connectivity index (χ2v) is 21.2. The molecule has 2 aromatic heterocycles. The maximum Gasteiger partial charge on any atom is 0.407 e. The monoisotopic (exact) mass is 721 g/mol. The molecular weight excluding hydrogens is 675 g/mol. The van der Waals surface area contributed by atoms with Crippen molar-refractivity contribution in [2.24, 2.45) is 0 Å². The summed E-state index contributed by atoms with van der Waals surface area (Å²) in [4.78, 5) is 29.0. The van der Waals surface area contributed by atoms with Crippen LogP contribution in [0.3, 0.4) is 0 Å². The number of anilines is 1. The molecule has 1 aliphatic carbocycles. The van der Waals surface area contributed by atoms with E-state index in [9.17, 15) is 23.3 Å². The molecule has 2 heterocycles. The van der Waals surface area contributed by atoms with Crippen LogP contribution in [0.4, 0.5) is 16.2 Å². The van der Waals surface area contributed by atoms with Crippen molar-refractivity contribution in [1.82, 2.24) is 14.3 Å². The largest absolute Gasteiger partial charge is 0.445 e. The highest BCUT2D eigenvalue weighted by molar-refractivity contribution is 7.90. The zero-order valence-corrected chi connectivity index (χ0v) is 31.2. The van der Waals surface area contributed by atoms with Crippen LogP contribution in [-0.4, -0.2) is 54.9 Å². The van der Waals surface area contributed by atoms with Crippen molar-refractivity contribution in [2.45, 2.75) is 101 Å². The lowest BCUT2D eigenvalue weighted by molar-refractivity contribution is -0.384. The van der Waals surface area contributed by atoms with Gasteiger partial charge < -0.3 is 19.8 Å². The third kappa shape index (κ3) is 8.36. The number of rotatable bonds is 13. The number of fused-ring (bicyclic) bond motifs is 1. The highest BCUT2D eigenvalue weighted by Gasteiger charge is 2.40. The van der Waals surface area contributed by atoms with E-state index in [-0.39, 0.29) is 39.6 Å². The zero-order valence-electron chi connectivity index (χ0n) is 29.3. The molecule has 268 valence electrons. The molecule has 50 heavy (non-hydrogen) atoms. The van der Waals surface area contributed by atoms with Gasteiger partial charge in [0.2, 0.25) is 0 Å². The summed E-state index contributed by atoms with van der Waals surface area (Å²) in [6.07, 6.45) is 5.85. The summed E-state index contributed by atoms with van der Waals surface area (Å²) in [5, 5.41) is 19.1. The standard InChI is InChI=1S/C36H47N5O7SSi/c1-35(2,3)50(4,5)48-24-12-20-36(39-34(42)47-26-27-13-8-6-9-14-27)21-17-28(18-22-36)38-32-30-19-23-40(33(30)37-25-31(32)41(43)44)49(45,46)29-15-10-7-11-16-29/h6-11,13-16,19,23,25,28H,12,17-18,20-22,24,26H2,1-5H3,(H,37,38)(H,39,42). The summed E-state index contributed by atoms with van der Waals surface area (Å²) in [6.45, 7) is 11.8. The lowest BCUT2D eigenvalue weighted by atomic mass is 9.76. The Labute approximate surface area is 294 Å². The van der Waals surface area contributed by atoms with Gasteiger partial charge in [-0.1, -0.05) is 69.3 Å². The fourth-order valence-corrected chi connectivity index (χ4v) is 8.54. The first-order valence-electron chi connectivity index (χ1n) is 17.0. The second-order valence-electron chi connectivity index (χ2n) is 14.5. The first-order chi connectivity index (χ1) is 23.6. The van der Waals surface area contributed by atoms with E-state index in [2.05, 4.69) is 49.5 Å². The third-order valence-corrected chi connectivity index (χ3v) is 16.3. The molecule has 1 fully saturated rings. The van der Waals surface area contributed by atoms with Gasteiger partial charge in [0.1, 0.15) is 18.5 Å². The number of pyridine rings is 1. The number of aromatic nitrogens is 2. The normalized spacial score (nSPS) is 18.5. The average molecular weight is 722 g/mol. The Morgan fingerprint density at radius 3 is 2.32 bits per heavy atom. The fraction of sp³-hybridized carbons (Fsp3) is 0.444. The van der Waals surface area contributed by atoms with Gasteiger partial charge in [-0.2, -0.15) is 0 Å². The van der Waals surface area contributed by atoms with Gasteiger partial charge in [-0.15, -0.1) is 0 Å². The average Bonchev–Trinajstić information content (AvgIpc) is 3.53. The molecule has 12 nitrogen and oxygen atoms in total. The van der Waals surface area contributed by atoms with E-state index in [1.54, 1.807) is 18.2 Å². The molecule has 0 spiro atoms. The number of nitro groups is 1. The number of carbonyl (C=O) groups excluding carboxylic acids is 1. The SMILES string of the molecule is CC(C)(C)[Si](C)(C)OCCCC1(NC(=O)OCc2ccccc2)CCC(Nc2c([N+](=O)[O-])cnc3c2ccn3S(=O)(=O)c2ccccc2)CC1. The van der Waals surface area contributed by atoms with E-state index in [4.69, 9.17) is 9.16 Å². The minimum Gasteiger partial charge on any atom is -0.445 e. The molecule has 14 heteroatoms. The van der Waals surface area contributed by atoms with Crippen molar-refractivity contribution >= 4 is 46.8 Å². The van der Waals surface area contributed by atoms with Crippen LogP contribution in [-0.2, 0) is 25.8 Å². The molecule has 2 N–H and O–H groups in total. The summed E-state index contributed by atoms with van der Waals surface area (Å²) in [7, 11) is -5.93. The van der Waals surface area contributed by atoms with Crippen LogP contribution in [0, 0.1) is 10.1 Å². The molecule has 0 bridgehead atoms. The Balaban J connectivity index is 1.33. The van der Waals surface area contributed by atoms with E-state index in [1.165, 1.54) is 24.4 Å². The number of amides is 1. The smallest absolute Gasteiger partial charge is 0.407 e. The van der Waals surface area contributed by atoms with Crippen molar-refractivity contribution in [3.05, 3.63) is 94.8 Å². The Hall–Kier alpha value is -4.27. The van der Waals surface area contributed by atoms with Crippen molar-refractivity contribution in [3.63, 3.8) is 0 Å². The minimum atomic E-state index is -3.99. The molecule has 0 aliphatic heterocycles. The summed E-state index contributed by atoms with van der Waals surface area (Å²) in [6, 6.07) is 18.8. The van der Waals surface area contributed by atoms with Crippen LogP contribution in [0.1, 0.15) is 64.9 Å². The highest BCUT2D eigenvalue weighted by Crippen LogP contribution is 2.40. The van der Waals surface area contributed by atoms with Crippen molar-refractivity contribution in [3.8, 4) is 0 Å². The maximum atomic E-state index is 13.4. The highest BCUT2D eigenvalue weighted by atomic mass is 32.2. The van der Waals surface area contributed by atoms with E-state index in [0.29, 0.717) is 44.1 Å². The second kappa shape index (κ2) is 14.9. The number of nitrogens with zero attached hydrogens (tertiary/aromatic N) is 3. The van der Waals surface area contributed by atoms with Crippen molar-refractivity contribution in [1.29, 1.82) is 0 Å². The first kappa shape index (κ1) is 37.0. The van der Waals surface area contributed by atoms with Crippen LogP contribution in [0.25, 0.3) is 11.0 Å². The van der Waals surface area contributed by atoms with Crippen molar-refractivity contribution < 1.29 is 27.3 Å². The molecule has 0 unspecified atom stereocenters. The predicted molar refractivity (Wildman–Crippen MR) is 196 cm³/mol. The molecule has 1 amide bonds. The van der Waals surface area contributed by atoms with Gasteiger partial charge in [-0.25, -0.2) is 22.2 Å². The van der Waals surface area contributed by atoms with E-state index < -0.39 is 34.9 Å². The summed E-state index contributed by atoms with van der Waals surface area (Å²) in [5.41, 5.74) is 0.418. The lowest BCUT2D eigenvalue weighted by Crippen LogP contribution is -2.52.